The Bertz CT molecular complexity index is 601. The van der Waals surface area contributed by atoms with Gasteiger partial charge in [0.25, 0.3) is 0 Å². The fourth-order valence-electron chi connectivity index (χ4n) is 1.59. The van der Waals surface area contributed by atoms with Crippen LogP contribution in [0.2, 0.25) is 0 Å². The van der Waals surface area contributed by atoms with E-state index in [4.69, 9.17) is 9.84 Å². The smallest absolute Gasteiger partial charge is 0.328 e. The normalized spacial score (nSPS) is 11.2. The highest BCUT2D eigenvalue weighted by atomic mass is 16.5. The Hall–Kier alpha value is -2.37. The van der Waals surface area contributed by atoms with Crippen molar-refractivity contribution in [3.8, 4) is 5.75 Å². The molecule has 0 unspecified atom stereocenters. The predicted molar refractivity (Wildman–Crippen MR) is 61.7 cm³/mol. The Morgan fingerprint density at radius 2 is 2.29 bits per heavy atom. The topological polar surface area (TPSA) is 77.2 Å². The summed E-state index contributed by atoms with van der Waals surface area (Å²) in [5.74, 6) is -0.386. The molecule has 2 aromatic rings. The first-order chi connectivity index (χ1) is 8.11. The van der Waals surface area contributed by atoms with Crippen LogP contribution in [0.15, 0.2) is 18.2 Å². The summed E-state index contributed by atoms with van der Waals surface area (Å²) in [7, 11) is 3.32. The monoisotopic (exact) mass is 233 g/mol. The molecule has 2 rings (SSSR count). The molecular weight excluding hydrogens is 222 g/mol. The van der Waals surface area contributed by atoms with Gasteiger partial charge in [0.15, 0.2) is 0 Å². The number of aromatic nitrogens is 3. The van der Waals surface area contributed by atoms with Gasteiger partial charge in [-0.25, -0.2) is 9.48 Å². The van der Waals surface area contributed by atoms with Crippen LogP contribution in [0, 0.1) is 0 Å². The van der Waals surface area contributed by atoms with E-state index in [1.807, 2.05) is 0 Å². The van der Waals surface area contributed by atoms with Crippen molar-refractivity contribution in [3.05, 3.63) is 23.8 Å². The minimum atomic E-state index is -0.997. The summed E-state index contributed by atoms with van der Waals surface area (Å²) in [4.78, 5) is 10.4. The molecule has 6 nitrogen and oxygen atoms in total. The average molecular weight is 233 g/mol. The zero-order valence-electron chi connectivity index (χ0n) is 9.41. The molecular formula is C11H11N3O3. The Balaban J connectivity index is 2.57. The molecule has 0 spiro atoms. The van der Waals surface area contributed by atoms with Gasteiger partial charge in [0.2, 0.25) is 0 Å². The van der Waals surface area contributed by atoms with E-state index in [2.05, 4.69) is 10.3 Å². The molecule has 0 aliphatic rings. The molecule has 0 saturated carbocycles. The molecule has 0 aliphatic carbocycles. The Labute approximate surface area is 97.1 Å². The van der Waals surface area contributed by atoms with Gasteiger partial charge in [-0.1, -0.05) is 5.21 Å². The van der Waals surface area contributed by atoms with Gasteiger partial charge in [0, 0.05) is 13.1 Å². The summed E-state index contributed by atoms with van der Waals surface area (Å²) in [5, 5.41) is 16.4. The van der Waals surface area contributed by atoms with Crippen molar-refractivity contribution < 1.29 is 14.6 Å². The summed E-state index contributed by atoms with van der Waals surface area (Å²) >= 11 is 0. The van der Waals surface area contributed by atoms with Gasteiger partial charge in [0.05, 0.1) is 7.11 Å². The van der Waals surface area contributed by atoms with Gasteiger partial charge >= 0.3 is 5.97 Å². The van der Waals surface area contributed by atoms with Crippen molar-refractivity contribution in [1.29, 1.82) is 0 Å². The number of aliphatic carboxylic acids is 1. The number of nitrogens with zero attached hydrogens (tertiary/aromatic N) is 3. The van der Waals surface area contributed by atoms with Crippen molar-refractivity contribution in [2.45, 2.75) is 0 Å². The zero-order valence-corrected chi connectivity index (χ0v) is 9.41. The molecule has 0 bridgehead atoms. The number of carbonyl (C=O) groups is 1. The first-order valence-corrected chi connectivity index (χ1v) is 4.90. The van der Waals surface area contributed by atoms with Crippen LogP contribution in [0.4, 0.5) is 0 Å². The maximum Gasteiger partial charge on any atom is 0.328 e. The molecule has 0 atom stereocenters. The lowest BCUT2D eigenvalue weighted by Crippen LogP contribution is -1.93. The first kappa shape index (κ1) is 11.1. The van der Waals surface area contributed by atoms with Crippen molar-refractivity contribution in [1.82, 2.24) is 15.0 Å². The summed E-state index contributed by atoms with van der Waals surface area (Å²) in [5.41, 5.74) is 2.15. The van der Waals surface area contributed by atoms with Crippen LogP contribution >= 0.6 is 0 Å². The zero-order chi connectivity index (χ0) is 12.4. The van der Waals surface area contributed by atoms with Gasteiger partial charge in [-0.05, 0) is 23.8 Å². The summed E-state index contributed by atoms with van der Waals surface area (Å²) in [6.07, 6.45) is 2.55. The molecule has 0 saturated heterocycles. The molecule has 88 valence electrons. The number of methoxy groups -OCH3 is 1. The third-order valence-corrected chi connectivity index (χ3v) is 2.33. The number of carboxylic acids is 1. The van der Waals surface area contributed by atoms with Gasteiger partial charge < -0.3 is 9.84 Å². The number of fused-ring (bicyclic) bond motifs is 1. The third kappa shape index (κ3) is 2.10. The van der Waals surface area contributed by atoms with Crippen LogP contribution in [0.5, 0.6) is 5.75 Å². The molecule has 0 radical (unpaired) electrons. The van der Waals surface area contributed by atoms with Crippen LogP contribution in [-0.4, -0.2) is 33.2 Å². The van der Waals surface area contributed by atoms with E-state index in [1.165, 1.54) is 6.08 Å². The first-order valence-electron chi connectivity index (χ1n) is 4.90. The molecule has 6 heteroatoms. The minimum absolute atomic E-state index is 0.611. The number of rotatable bonds is 3. The second-order valence-electron chi connectivity index (χ2n) is 3.48. The summed E-state index contributed by atoms with van der Waals surface area (Å²) in [6.45, 7) is 0. The Morgan fingerprint density at radius 1 is 1.53 bits per heavy atom. The number of hydrogen-bond donors (Lipinski definition) is 1. The quantitative estimate of drug-likeness (QED) is 0.802. The van der Waals surface area contributed by atoms with Crippen LogP contribution in [0.1, 0.15) is 5.56 Å². The molecule has 1 heterocycles. The lowest BCUT2D eigenvalue weighted by molar-refractivity contribution is -0.131. The molecule has 0 fully saturated rings. The molecule has 1 N–H and O–H groups in total. The van der Waals surface area contributed by atoms with Gasteiger partial charge in [-0.3, -0.25) is 0 Å². The Morgan fingerprint density at radius 3 is 2.94 bits per heavy atom. The van der Waals surface area contributed by atoms with Crippen molar-refractivity contribution in [2.24, 2.45) is 7.05 Å². The van der Waals surface area contributed by atoms with Crippen molar-refractivity contribution >= 4 is 23.1 Å². The van der Waals surface area contributed by atoms with Gasteiger partial charge in [0.1, 0.15) is 16.8 Å². The maximum atomic E-state index is 10.4. The van der Waals surface area contributed by atoms with Crippen LogP contribution in [0.25, 0.3) is 17.1 Å². The van der Waals surface area contributed by atoms with Crippen molar-refractivity contribution in [2.75, 3.05) is 7.11 Å². The third-order valence-electron chi connectivity index (χ3n) is 2.33. The molecule has 0 amide bonds. The number of aryl methyl sites for hydroxylation is 1. The largest absolute Gasteiger partial charge is 0.494 e. The minimum Gasteiger partial charge on any atom is -0.494 e. The van der Waals surface area contributed by atoms with E-state index in [9.17, 15) is 4.79 Å². The molecule has 1 aromatic heterocycles. The molecule has 1 aromatic carbocycles. The highest BCUT2D eigenvalue weighted by molar-refractivity contribution is 5.88. The summed E-state index contributed by atoms with van der Waals surface area (Å²) in [6, 6.07) is 3.50. The van der Waals surface area contributed by atoms with E-state index in [0.29, 0.717) is 16.8 Å². The van der Waals surface area contributed by atoms with Crippen LogP contribution in [-0.2, 0) is 11.8 Å². The number of carboxylic acid groups (broad SMARTS) is 1. The van der Waals surface area contributed by atoms with E-state index >= 15 is 0 Å². The molecule has 17 heavy (non-hydrogen) atoms. The van der Waals surface area contributed by atoms with Crippen molar-refractivity contribution in [3.63, 3.8) is 0 Å². The van der Waals surface area contributed by atoms with E-state index in [-0.39, 0.29) is 0 Å². The van der Waals surface area contributed by atoms with E-state index in [0.717, 1.165) is 11.6 Å². The fourth-order valence-corrected chi connectivity index (χ4v) is 1.59. The molecule has 0 aliphatic heterocycles. The lowest BCUT2D eigenvalue weighted by atomic mass is 10.1. The van der Waals surface area contributed by atoms with E-state index < -0.39 is 5.97 Å². The predicted octanol–water partition coefficient (Wildman–Crippen LogP) is 1.07. The summed E-state index contributed by atoms with van der Waals surface area (Å²) < 4.78 is 6.84. The SMILES string of the molecule is COc1cc(C=CC(=O)O)cc2nnn(C)c12. The Kier molecular flexibility index (Phi) is 2.78. The highest BCUT2D eigenvalue weighted by Crippen LogP contribution is 2.25. The second-order valence-corrected chi connectivity index (χ2v) is 3.48. The van der Waals surface area contributed by atoms with Gasteiger partial charge in [-0.15, -0.1) is 5.10 Å². The van der Waals surface area contributed by atoms with Crippen LogP contribution in [0.3, 0.4) is 0 Å². The van der Waals surface area contributed by atoms with Gasteiger partial charge in [-0.2, -0.15) is 0 Å². The number of benzene rings is 1. The standard InChI is InChI=1S/C11H11N3O3/c1-14-11-8(12-13-14)5-7(3-4-10(15)16)6-9(11)17-2/h3-6H,1-2H3,(H,15,16). The van der Waals surface area contributed by atoms with Crippen LogP contribution < -0.4 is 4.74 Å². The number of ether oxygens (including phenoxy) is 1. The lowest BCUT2D eigenvalue weighted by Gasteiger charge is -2.03. The number of hydrogen-bond acceptors (Lipinski definition) is 4. The maximum absolute atomic E-state index is 10.4. The highest BCUT2D eigenvalue weighted by Gasteiger charge is 2.09. The van der Waals surface area contributed by atoms with E-state index in [1.54, 1.807) is 31.0 Å². The average Bonchev–Trinajstić information content (AvgIpc) is 2.67. The second kappa shape index (κ2) is 4.25. The fraction of sp³-hybridized carbons (Fsp3) is 0.182.